The highest BCUT2D eigenvalue weighted by Crippen LogP contribution is 2.52. The van der Waals surface area contributed by atoms with Crippen molar-refractivity contribution in [2.75, 3.05) is 6.54 Å². The molecule has 2 fully saturated rings. The monoisotopic (exact) mass is 207 g/mol. The van der Waals surface area contributed by atoms with Gasteiger partial charge in [0, 0.05) is 4.88 Å². The Balaban J connectivity index is 2.03. The Bertz CT molecular complexity index is 332. The zero-order chi connectivity index (χ0) is 9.60. The fourth-order valence-corrected chi connectivity index (χ4v) is 4.11. The van der Waals surface area contributed by atoms with Crippen LogP contribution in [-0.4, -0.2) is 6.54 Å². The molecule has 1 aliphatic heterocycles. The van der Waals surface area contributed by atoms with E-state index in [2.05, 4.69) is 23.7 Å². The fraction of sp³-hybridized carbons (Fsp3) is 0.667. The highest BCUT2D eigenvalue weighted by Gasteiger charge is 2.49. The van der Waals surface area contributed by atoms with Gasteiger partial charge in [-0.15, -0.1) is 11.3 Å². The molecule has 14 heavy (non-hydrogen) atoms. The van der Waals surface area contributed by atoms with E-state index in [9.17, 15) is 0 Å². The van der Waals surface area contributed by atoms with Crippen molar-refractivity contribution in [1.29, 1.82) is 0 Å². The van der Waals surface area contributed by atoms with Crippen LogP contribution >= 0.6 is 11.3 Å². The van der Waals surface area contributed by atoms with Crippen molar-refractivity contribution in [3.8, 4) is 0 Å². The van der Waals surface area contributed by atoms with Gasteiger partial charge in [-0.1, -0.05) is 0 Å². The van der Waals surface area contributed by atoms with Crippen molar-refractivity contribution in [2.45, 2.75) is 38.1 Å². The van der Waals surface area contributed by atoms with Gasteiger partial charge in [-0.3, -0.25) is 0 Å². The summed E-state index contributed by atoms with van der Waals surface area (Å²) in [6, 6.07) is 2.27. The SMILES string of the molecule is Cc1ccsc1C1(C2CC2)CCCN1. The molecule has 0 amide bonds. The summed E-state index contributed by atoms with van der Waals surface area (Å²) in [6.45, 7) is 3.48. The second kappa shape index (κ2) is 3.07. The maximum atomic E-state index is 3.79. The molecule has 1 N–H and O–H groups in total. The standard InChI is InChI=1S/C12H17NS/c1-9-5-8-14-11(9)12(10-3-4-10)6-2-7-13-12/h5,8,10,13H,2-4,6-7H2,1H3. The van der Waals surface area contributed by atoms with Crippen LogP contribution in [0.1, 0.15) is 36.1 Å². The van der Waals surface area contributed by atoms with Gasteiger partial charge in [0.05, 0.1) is 5.54 Å². The van der Waals surface area contributed by atoms with Crippen LogP contribution in [0, 0.1) is 12.8 Å². The molecule has 0 spiro atoms. The molecule has 0 aromatic carbocycles. The molecule has 0 bridgehead atoms. The van der Waals surface area contributed by atoms with Crippen molar-refractivity contribution >= 4 is 11.3 Å². The third kappa shape index (κ3) is 1.17. The van der Waals surface area contributed by atoms with Crippen molar-refractivity contribution in [3.05, 3.63) is 21.9 Å². The fourth-order valence-electron chi connectivity index (χ4n) is 2.90. The molecule has 2 heteroatoms. The number of rotatable bonds is 2. The van der Waals surface area contributed by atoms with Crippen LogP contribution in [0.15, 0.2) is 11.4 Å². The topological polar surface area (TPSA) is 12.0 Å². The lowest BCUT2D eigenvalue weighted by molar-refractivity contribution is 0.342. The van der Waals surface area contributed by atoms with E-state index in [1.165, 1.54) is 37.8 Å². The Labute approximate surface area is 89.5 Å². The molecule has 76 valence electrons. The summed E-state index contributed by atoms with van der Waals surface area (Å²) in [5.41, 5.74) is 1.88. The second-order valence-electron chi connectivity index (χ2n) is 4.71. The molecular weight excluding hydrogens is 190 g/mol. The predicted octanol–water partition coefficient (Wildman–Crippen LogP) is 3.05. The summed E-state index contributed by atoms with van der Waals surface area (Å²) in [5.74, 6) is 0.933. The van der Waals surface area contributed by atoms with E-state index in [0.29, 0.717) is 5.54 Å². The van der Waals surface area contributed by atoms with E-state index in [0.717, 1.165) is 5.92 Å². The highest BCUT2D eigenvalue weighted by atomic mass is 32.1. The largest absolute Gasteiger partial charge is 0.306 e. The molecule has 1 saturated heterocycles. The minimum atomic E-state index is 0.387. The minimum Gasteiger partial charge on any atom is -0.306 e. The normalized spacial score (nSPS) is 32.4. The van der Waals surface area contributed by atoms with Gasteiger partial charge >= 0.3 is 0 Å². The van der Waals surface area contributed by atoms with Crippen LogP contribution < -0.4 is 5.32 Å². The molecule has 1 saturated carbocycles. The van der Waals surface area contributed by atoms with Crippen molar-refractivity contribution in [2.24, 2.45) is 5.92 Å². The van der Waals surface area contributed by atoms with Gasteiger partial charge in [0.2, 0.25) is 0 Å². The smallest absolute Gasteiger partial charge is 0.0560 e. The van der Waals surface area contributed by atoms with Crippen LogP contribution in [0.3, 0.4) is 0 Å². The van der Waals surface area contributed by atoms with Crippen molar-refractivity contribution in [3.63, 3.8) is 0 Å². The van der Waals surface area contributed by atoms with E-state index in [1.807, 2.05) is 11.3 Å². The van der Waals surface area contributed by atoms with Crippen molar-refractivity contribution in [1.82, 2.24) is 5.32 Å². The zero-order valence-corrected chi connectivity index (χ0v) is 9.49. The molecule has 1 aromatic heterocycles. The Morgan fingerprint density at radius 2 is 2.36 bits per heavy atom. The predicted molar refractivity (Wildman–Crippen MR) is 60.7 cm³/mol. The molecule has 0 radical (unpaired) electrons. The quantitative estimate of drug-likeness (QED) is 0.786. The van der Waals surface area contributed by atoms with Gasteiger partial charge in [-0.05, 0) is 62.1 Å². The van der Waals surface area contributed by atoms with Gasteiger partial charge in [0.15, 0.2) is 0 Å². The first-order valence-electron chi connectivity index (χ1n) is 5.62. The lowest BCUT2D eigenvalue weighted by atomic mass is 9.88. The Kier molecular flexibility index (Phi) is 1.96. The molecule has 1 nitrogen and oxygen atoms in total. The summed E-state index contributed by atoms with van der Waals surface area (Å²) >= 11 is 1.95. The first-order valence-corrected chi connectivity index (χ1v) is 6.50. The minimum absolute atomic E-state index is 0.387. The molecule has 3 rings (SSSR count). The second-order valence-corrected chi connectivity index (χ2v) is 5.62. The van der Waals surface area contributed by atoms with Crippen LogP contribution in [0.25, 0.3) is 0 Å². The van der Waals surface area contributed by atoms with E-state index in [4.69, 9.17) is 0 Å². The summed E-state index contributed by atoms with van der Waals surface area (Å²) < 4.78 is 0. The number of nitrogens with one attached hydrogen (secondary N) is 1. The Hall–Kier alpha value is -0.340. The number of thiophene rings is 1. The maximum Gasteiger partial charge on any atom is 0.0560 e. The number of hydrogen-bond acceptors (Lipinski definition) is 2. The lowest BCUT2D eigenvalue weighted by Gasteiger charge is -2.29. The molecule has 2 aliphatic rings. The zero-order valence-electron chi connectivity index (χ0n) is 8.68. The highest BCUT2D eigenvalue weighted by molar-refractivity contribution is 7.10. The molecule has 2 heterocycles. The molecule has 1 atom stereocenters. The van der Waals surface area contributed by atoms with Crippen molar-refractivity contribution < 1.29 is 0 Å². The first-order chi connectivity index (χ1) is 6.83. The molecule has 1 unspecified atom stereocenters. The summed E-state index contributed by atoms with van der Waals surface area (Å²) in [5, 5.41) is 6.03. The van der Waals surface area contributed by atoms with E-state index < -0.39 is 0 Å². The molecular formula is C12H17NS. The van der Waals surface area contributed by atoms with Gasteiger partial charge in [-0.25, -0.2) is 0 Å². The molecule has 1 aromatic rings. The van der Waals surface area contributed by atoms with Gasteiger partial charge in [0.1, 0.15) is 0 Å². The van der Waals surface area contributed by atoms with E-state index >= 15 is 0 Å². The van der Waals surface area contributed by atoms with Crippen LogP contribution in [-0.2, 0) is 5.54 Å². The van der Waals surface area contributed by atoms with Crippen LogP contribution in [0.5, 0.6) is 0 Å². The van der Waals surface area contributed by atoms with E-state index in [1.54, 1.807) is 4.88 Å². The lowest BCUT2D eigenvalue weighted by Crippen LogP contribution is -2.38. The van der Waals surface area contributed by atoms with E-state index in [-0.39, 0.29) is 0 Å². The first kappa shape index (κ1) is 8.93. The average molecular weight is 207 g/mol. The summed E-state index contributed by atoms with van der Waals surface area (Å²) in [6.07, 6.45) is 5.58. The third-order valence-electron chi connectivity index (χ3n) is 3.73. The number of aryl methyl sites for hydroxylation is 1. The third-order valence-corrected chi connectivity index (χ3v) is 4.92. The Morgan fingerprint density at radius 1 is 1.50 bits per heavy atom. The molecule has 1 aliphatic carbocycles. The number of hydrogen-bond donors (Lipinski definition) is 1. The average Bonchev–Trinajstić information content (AvgIpc) is 2.77. The van der Waals surface area contributed by atoms with Gasteiger partial charge < -0.3 is 5.32 Å². The van der Waals surface area contributed by atoms with Crippen LogP contribution in [0.4, 0.5) is 0 Å². The van der Waals surface area contributed by atoms with Gasteiger partial charge in [-0.2, -0.15) is 0 Å². The summed E-state index contributed by atoms with van der Waals surface area (Å²) in [4.78, 5) is 1.62. The maximum absolute atomic E-state index is 3.79. The van der Waals surface area contributed by atoms with Gasteiger partial charge in [0.25, 0.3) is 0 Å². The van der Waals surface area contributed by atoms with Crippen LogP contribution in [0.2, 0.25) is 0 Å². The summed E-state index contributed by atoms with van der Waals surface area (Å²) in [7, 11) is 0. The Morgan fingerprint density at radius 3 is 2.86 bits per heavy atom.